The van der Waals surface area contributed by atoms with Gasteiger partial charge in [-0.15, -0.1) is 0 Å². The van der Waals surface area contributed by atoms with E-state index in [2.05, 4.69) is 12.2 Å². The van der Waals surface area contributed by atoms with Crippen LogP contribution < -0.4 is 5.32 Å². The number of hydrogen-bond acceptors (Lipinski definition) is 3. The number of aliphatic hydroxyl groups is 1. The largest absolute Gasteiger partial charge is 0.396 e. The lowest BCUT2D eigenvalue weighted by Gasteiger charge is -2.05. The molecule has 0 fully saturated rings. The number of rotatable bonds is 10. The van der Waals surface area contributed by atoms with Gasteiger partial charge in [0, 0.05) is 26.2 Å². The topological polar surface area (TPSA) is 58.6 Å². The van der Waals surface area contributed by atoms with Crippen LogP contribution in [0.1, 0.15) is 39.0 Å². The fourth-order valence-corrected chi connectivity index (χ4v) is 1.10. The molecule has 90 valence electrons. The van der Waals surface area contributed by atoms with Crippen molar-refractivity contribution in [2.75, 3.05) is 26.4 Å². The van der Waals surface area contributed by atoms with Crippen molar-refractivity contribution in [1.29, 1.82) is 0 Å². The van der Waals surface area contributed by atoms with E-state index in [0.717, 1.165) is 25.9 Å². The van der Waals surface area contributed by atoms with Gasteiger partial charge in [-0.25, -0.2) is 0 Å². The minimum atomic E-state index is 0.0440. The Morgan fingerprint density at radius 3 is 2.73 bits per heavy atom. The smallest absolute Gasteiger partial charge is 0.220 e. The molecule has 0 saturated carbocycles. The fraction of sp³-hybridized carbons (Fsp3) is 0.909. The van der Waals surface area contributed by atoms with Crippen LogP contribution in [0.5, 0.6) is 0 Å². The lowest BCUT2D eigenvalue weighted by Crippen LogP contribution is -2.27. The van der Waals surface area contributed by atoms with Crippen LogP contribution in [-0.2, 0) is 9.53 Å². The highest BCUT2D eigenvalue weighted by molar-refractivity contribution is 5.75. The summed E-state index contributed by atoms with van der Waals surface area (Å²) in [6, 6.07) is 0. The summed E-state index contributed by atoms with van der Waals surface area (Å²) in [5.74, 6) is 0.0440. The maximum atomic E-state index is 11.2. The van der Waals surface area contributed by atoms with Gasteiger partial charge in [0.25, 0.3) is 0 Å². The van der Waals surface area contributed by atoms with Crippen LogP contribution in [-0.4, -0.2) is 37.4 Å². The van der Waals surface area contributed by atoms with Crippen LogP contribution in [0.15, 0.2) is 0 Å². The lowest BCUT2D eigenvalue weighted by atomic mass is 10.2. The average Bonchev–Trinajstić information content (AvgIpc) is 2.23. The first-order chi connectivity index (χ1) is 7.31. The highest BCUT2D eigenvalue weighted by Gasteiger charge is 1.99. The number of ether oxygens (including phenoxy) is 1. The molecule has 0 heterocycles. The minimum Gasteiger partial charge on any atom is -0.396 e. The van der Waals surface area contributed by atoms with Gasteiger partial charge >= 0.3 is 0 Å². The number of aliphatic hydroxyl groups excluding tert-OH is 1. The summed E-state index contributed by atoms with van der Waals surface area (Å²) in [5, 5.41) is 11.3. The van der Waals surface area contributed by atoms with E-state index >= 15 is 0 Å². The van der Waals surface area contributed by atoms with E-state index < -0.39 is 0 Å². The van der Waals surface area contributed by atoms with Crippen LogP contribution in [0.25, 0.3) is 0 Å². The Morgan fingerprint density at radius 2 is 2.07 bits per heavy atom. The first kappa shape index (κ1) is 14.4. The molecule has 2 N–H and O–H groups in total. The van der Waals surface area contributed by atoms with Gasteiger partial charge in [-0.2, -0.15) is 0 Å². The molecule has 4 nitrogen and oxygen atoms in total. The number of nitrogens with one attached hydrogen (secondary N) is 1. The van der Waals surface area contributed by atoms with Crippen molar-refractivity contribution in [3.63, 3.8) is 0 Å². The second-order valence-corrected chi connectivity index (χ2v) is 3.50. The third-order valence-electron chi connectivity index (χ3n) is 2.02. The molecule has 0 radical (unpaired) electrons. The summed E-state index contributed by atoms with van der Waals surface area (Å²) in [7, 11) is 0. The summed E-state index contributed by atoms with van der Waals surface area (Å²) in [4.78, 5) is 11.2. The number of carbonyl (C=O) groups excluding carboxylic acids is 1. The van der Waals surface area contributed by atoms with Gasteiger partial charge in [0.2, 0.25) is 5.91 Å². The first-order valence-electron chi connectivity index (χ1n) is 5.76. The van der Waals surface area contributed by atoms with E-state index in [4.69, 9.17) is 9.84 Å². The summed E-state index contributed by atoms with van der Waals surface area (Å²) < 4.78 is 5.30. The SMILES string of the molecule is CCCCOCCNC(=O)CCCCO. The van der Waals surface area contributed by atoms with E-state index in [1.165, 1.54) is 0 Å². The Morgan fingerprint density at radius 1 is 1.27 bits per heavy atom. The van der Waals surface area contributed by atoms with Gasteiger partial charge in [-0.3, -0.25) is 4.79 Å². The van der Waals surface area contributed by atoms with Gasteiger partial charge in [-0.1, -0.05) is 13.3 Å². The highest BCUT2D eigenvalue weighted by atomic mass is 16.5. The molecule has 0 aliphatic rings. The normalized spacial score (nSPS) is 10.3. The van der Waals surface area contributed by atoms with Crippen molar-refractivity contribution >= 4 is 5.91 Å². The van der Waals surface area contributed by atoms with Crippen LogP contribution in [0.4, 0.5) is 0 Å². The molecule has 0 bridgehead atoms. The predicted octanol–water partition coefficient (Wildman–Crippen LogP) is 1.08. The zero-order chi connectivity index (χ0) is 11.4. The second kappa shape index (κ2) is 11.5. The van der Waals surface area contributed by atoms with Crippen LogP contribution in [0, 0.1) is 0 Å². The van der Waals surface area contributed by atoms with E-state index in [0.29, 0.717) is 26.0 Å². The van der Waals surface area contributed by atoms with Crippen LogP contribution in [0.2, 0.25) is 0 Å². The maximum absolute atomic E-state index is 11.2. The van der Waals surface area contributed by atoms with E-state index in [-0.39, 0.29) is 12.5 Å². The first-order valence-corrected chi connectivity index (χ1v) is 5.76. The molecule has 0 aromatic rings. The van der Waals surface area contributed by atoms with Crippen molar-refractivity contribution in [3.8, 4) is 0 Å². The molecule has 0 rings (SSSR count). The molecule has 15 heavy (non-hydrogen) atoms. The quantitative estimate of drug-likeness (QED) is 0.538. The molecule has 0 aliphatic heterocycles. The predicted molar refractivity (Wildman–Crippen MR) is 59.7 cm³/mol. The molecule has 0 unspecified atom stereocenters. The van der Waals surface area contributed by atoms with Gasteiger partial charge in [-0.05, 0) is 19.3 Å². The molecule has 0 spiro atoms. The Bertz CT molecular complexity index is 151. The number of unbranched alkanes of at least 4 members (excludes halogenated alkanes) is 2. The Kier molecular flexibility index (Phi) is 11.0. The molecular formula is C11H23NO3. The zero-order valence-corrected chi connectivity index (χ0v) is 9.63. The average molecular weight is 217 g/mol. The summed E-state index contributed by atoms with van der Waals surface area (Å²) in [6.07, 6.45) is 4.15. The summed E-state index contributed by atoms with van der Waals surface area (Å²) in [5.41, 5.74) is 0. The van der Waals surface area contributed by atoms with Crippen molar-refractivity contribution in [2.45, 2.75) is 39.0 Å². The number of amides is 1. The monoisotopic (exact) mass is 217 g/mol. The van der Waals surface area contributed by atoms with Gasteiger partial charge in [0.05, 0.1) is 6.61 Å². The zero-order valence-electron chi connectivity index (χ0n) is 9.63. The summed E-state index contributed by atoms with van der Waals surface area (Å²) >= 11 is 0. The van der Waals surface area contributed by atoms with Crippen molar-refractivity contribution in [1.82, 2.24) is 5.32 Å². The number of hydrogen-bond donors (Lipinski definition) is 2. The Labute approximate surface area is 92.0 Å². The molecular weight excluding hydrogens is 194 g/mol. The van der Waals surface area contributed by atoms with E-state index in [1.807, 2.05) is 0 Å². The standard InChI is InChI=1S/C11H23NO3/c1-2-3-9-15-10-7-12-11(14)6-4-5-8-13/h13H,2-10H2,1H3,(H,12,14). The molecule has 0 saturated heterocycles. The molecule has 0 atom stereocenters. The fourth-order valence-electron chi connectivity index (χ4n) is 1.10. The van der Waals surface area contributed by atoms with Crippen molar-refractivity contribution in [2.24, 2.45) is 0 Å². The molecule has 0 aliphatic carbocycles. The number of carbonyl (C=O) groups is 1. The molecule has 0 aromatic heterocycles. The Balaban J connectivity index is 3.10. The van der Waals surface area contributed by atoms with Crippen LogP contribution >= 0.6 is 0 Å². The third-order valence-corrected chi connectivity index (χ3v) is 2.02. The molecule has 1 amide bonds. The third kappa shape index (κ3) is 11.3. The van der Waals surface area contributed by atoms with Crippen molar-refractivity contribution < 1.29 is 14.6 Å². The van der Waals surface area contributed by atoms with Gasteiger partial charge in [0.1, 0.15) is 0 Å². The van der Waals surface area contributed by atoms with Crippen LogP contribution in [0.3, 0.4) is 0 Å². The van der Waals surface area contributed by atoms with E-state index in [1.54, 1.807) is 0 Å². The second-order valence-electron chi connectivity index (χ2n) is 3.50. The van der Waals surface area contributed by atoms with E-state index in [9.17, 15) is 4.79 Å². The molecule has 0 aromatic carbocycles. The molecule has 4 heteroatoms. The Hall–Kier alpha value is -0.610. The van der Waals surface area contributed by atoms with Gasteiger partial charge < -0.3 is 15.2 Å². The maximum Gasteiger partial charge on any atom is 0.220 e. The summed E-state index contributed by atoms with van der Waals surface area (Å²) in [6.45, 7) is 4.23. The minimum absolute atomic E-state index is 0.0440. The van der Waals surface area contributed by atoms with Crippen molar-refractivity contribution in [3.05, 3.63) is 0 Å². The highest BCUT2D eigenvalue weighted by Crippen LogP contribution is 1.93. The lowest BCUT2D eigenvalue weighted by molar-refractivity contribution is -0.121. The van der Waals surface area contributed by atoms with Gasteiger partial charge in [0.15, 0.2) is 0 Å².